The molecule has 0 N–H and O–H groups in total. The van der Waals surface area contributed by atoms with Crippen LogP contribution >= 0.6 is 25.3 Å². The number of hydrogen-bond donors (Lipinski definition) is 2. The smallest absolute Gasteiger partial charge is 0.186 e. The Labute approximate surface area is 243 Å². The summed E-state index contributed by atoms with van der Waals surface area (Å²) in [6.45, 7) is 6.84. The van der Waals surface area contributed by atoms with Gasteiger partial charge in [0.25, 0.3) is 0 Å². The minimum Gasteiger partial charge on any atom is -0.287 e. The number of unbranched alkanes of at least 4 members (excludes halogenated alkanes) is 18. The van der Waals surface area contributed by atoms with Gasteiger partial charge in [-0.25, -0.2) is 0 Å². The van der Waals surface area contributed by atoms with E-state index in [0.717, 1.165) is 19.3 Å². The highest BCUT2D eigenvalue weighted by molar-refractivity contribution is 7.96. The van der Waals surface area contributed by atoms with Crippen molar-refractivity contribution in [3.8, 4) is 0 Å². The summed E-state index contributed by atoms with van der Waals surface area (Å²) in [6.07, 6.45) is 31.2. The van der Waals surface area contributed by atoms with E-state index in [4.69, 9.17) is 0 Å². The molecule has 0 aromatic heterocycles. The third-order valence-corrected chi connectivity index (χ3v) is 8.67. The highest BCUT2D eigenvalue weighted by atomic mass is 32.1. The molecule has 220 valence electrons. The molecule has 0 spiro atoms. The van der Waals surface area contributed by atoms with Gasteiger partial charge in [-0.15, -0.1) is 25.3 Å². The lowest BCUT2D eigenvalue weighted by atomic mass is 9.79. The molecule has 0 bridgehead atoms. The molecule has 0 heterocycles. The molecule has 0 saturated heterocycles. The Bertz CT molecular complexity index is 522. The van der Waals surface area contributed by atoms with Crippen LogP contribution < -0.4 is 0 Å². The second kappa shape index (κ2) is 27.6. The first kappa shape index (κ1) is 37.0. The molecule has 37 heavy (non-hydrogen) atoms. The van der Waals surface area contributed by atoms with Crippen molar-refractivity contribution in [2.75, 3.05) is 0 Å². The van der Waals surface area contributed by atoms with Gasteiger partial charge in [-0.05, 0) is 37.0 Å². The molecule has 0 aliphatic carbocycles. The Hall–Kier alpha value is 0.0400. The van der Waals surface area contributed by atoms with E-state index in [2.05, 4.69) is 46.0 Å². The third-order valence-electron chi connectivity index (χ3n) is 8.30. The monoisotopic (exact) mass is 556 g/mol. The minimum absolute atomic E-state index is 0.0143. The first-order valence-electron chi connectivity index (χ1n) is 16.3. The van der Waals surface area contributed by atoms with E-state index >= 15 is 0 Å². The van der Waals surface area contributed by atoms with Crippen molar-refractivity contribution in [3.05, 3.63) is 0 Å². The predicted octanol–water partition coefficient (Wildman–Crippen LogP) is 11.6. The van der Waals surface area contributed by atoms with Gasteiger partial charge in [0, 0.05) is 12.8 Å². The second-order valence-corrected chi connectivity index (χ2v) is 13.0. The summed E-state index contributed by atoms with van der Waals surface area (Å²) in [5.74, 6) is 1.25. The highest BCUT2D eigenvalue weighted by Crippen LogP contribution is 2.32. The van der Waals surface area contributed by atoms with Crippen molar-refractivity contribution in [1.82, 2.24) is 0 Å². The minimum atomic E-state index is 0.0143. The average Bonchev–Trinajstić information content (AvgIpc) is 2.84. The summed E-state index contributed by atoms with van der Waals surface area (Å²) in [5.41, 5.74) is 0. The number of thiol groups is 2. The van der Waals surface area contributed by atoms with Crippen LogP contribution in [-0.2, 0) is 9.59 Å². The zero-order valence-corrected chi connectivity index (χ0v) is 26.9. The topological polar surface area (TPSA) is 34.1 Å². The predicted molar refractivity (Wildman–Crippen MR) is 171 cm³/mol. The maximum absolute atomic E-state index is 11.9. The van der Waals surface area contributed by atoms with Crippen molar-refractivity contribution in [3.63, 3.8) is 0 Å². The van der Waals surface area contributed by atoms with E-state index in [1.165, 1.54) is 128 Å². The fourth-order valence-electron chi connectivity index (χ4n) is 5.89. The molecule has 0 radical (unpaired) electrons. The molecule has 0 aromatic carbocycles. The molecule has 3 unspecified atom stereocenters. The molecule has 0 saturated carbocycles. The van der Waals surface area contributed by atoms with Gasteiger partial charge >= 0.3 is 0 Å². The van der Waals surface area contributed by atoms with Crippen LogP contribution in [0.4, 0.5) is 0 Å². The Kier molecular flexibility index (Phi) is 27.6. The Morgan fingerprint density at radius 1 is 0.514 bits per heavy atom. The van der Waals surface area contributed by atoms with Crippen molar-refractivity contribution in [2.24, 2.45) is 17.8 Å². The zero-order chi connectivity index (χ0) is 27.6. The summed E-state index contributed by atoms with van der Waals surface area (Å²) in [7, 11) is 0. The van der Waals surface area contributed by atoms with Crippen LogP contribution in [0.25, 0.3) is 0 Å². The molecule has 0 fully saturated rings. The van der Waals surface area contributed by atoms with E-state index in [0.29, 0.717) is 30.6 Å². The maximum atomic E-state index is 11.9. The Morgan fingerprint density at radius 2 is 0.865 bits per heavy atom. The highest BCUT2D eigenvalue weighted by Gasteiger charge is 2.23. The molecule has 0 amide bonds. The molecular weight excluding hydrogens is 492 g/mol. The van der Waals surface area contributed by atoms with Crippen LogP contribution in [0.15, 0.2) is 0 Å². The first-order valence-corrected chi connectivity index (χ1v) is 17.2. The fourth-order valence-corrected chi connectivity index (χ4v) is 6.39. The van der Waals surface area contributed by atoms with Crippen LogP contribution in [0.3, 0.4) is 0 Å². The number of carbonyl (C=O) groups is 2. The lowest BCUT2D eigenvalue weighted by molar-refractivity contribution is -0.113. The summed E-state index contributed by atoms with van der Waals surface area (Å²) in [4.78, 5) is 23.7. The molecule has 0 aromatic rings. The zero-order valence-electron chi connectivity index (χ0n) is 25.1. The van der Waals surface area contributed by atoms with Gasteiger partial charge in [0.2, 0.25) is 0 Å². The van der Waals surface area contributed by atoms with E-state index in [-0.39, 0.29) is 10.2 Å². The van der Waals surface area contributed by atoms with Gasteiger partial charge in [0.1, 0.15) is 0 Å². The maximum Gasteiger partial charge on any atom is 0.186 e. The van der Waals surface area contributed by atoms with E-state index in [1.807, 2.05) is 0 Å². The lowest BCUT2D eigenvalue weighted by Crippen LogP contribution is -2.19. The molecule has 0 aliphatic heterocycles. The van der Waals surface area contributed by atoms with Crippen molar-refractivity contribution >= 4 is 35.5 Å². The summed E-state index contributed by atoms with van der Waals surface area (Å²) in [5, 5.41) is 0.0289. The van der Waals surface area contributed by atoms with Gasteiger partial charge < -0.3 is 0 Å². The molecule has 0 aliphatic rings. The van der Waals surface area contributed by atoms with E-state index in [1.54, 1.807) is 0 Å². The van der Waals surface area contributed by atoms with Gasteiger partial charge in [0.05, 0.1) is 0 Å². The molecule has 4 heteroatoms. The summed E-state index contributed by atoms with van der Waals surface area (Å²) < 4.78 is 0. The quantitative estimate of drug-likeness (QED) is 0.0709. The number of rotatable bonds is 29. The van der Waals surface area contributed by atoms with Gasteiger partial charge in [-0.1, -0.05) is 149 Å². The molecule has 0 rings (SSSR count). The van der Waals surface area contributed by atoms with Crippen molar-refractivity contribution in [2.45, 2.75) is 181 Å². The molecule has 3 atom stereocenters. The van der Waals surface area contributed by atoms with Crippen molar-refractivity contribution < 1.29 is 9.59 Å². The number of hydrogen-bond acceptors (Lipinski definition) is 2. The largest absolute Gasteiger partial charge is 0.287 e. The van der Waals surface area contributed by atoms with Crippen LogP contribution in [-0.4, -0.2) is 10.2 Å². The van der Waals surface area contributed by atoms with Crippen LogP contribution in [0, 0.1) is 17.8 Å². The number of carbonyl (C=O) groups excluding carboxylic acids is 2. The molecular formula is C33H64O2S2. The SMILES string of the molecule is CCCCCCCCCCCCC(CC(=O)S)CC(C)C(CCCCCCCCCCCC)CC(=O)S. The van der Waals surface area contributed by atoms with Gasteiger partial charge in [-0.3, -0.25) is 9.59 Å². The Morgan fingerprint density at radius 3 is 1.24 bits per heavy atom. The summed E-state index contributed by atoms with van der Waals surface area (Å²) >= 11 is 8.23. The van der Waals surface area contributed by atoms with E-state index < -0.39 is 0 Å². The fraction of sp³-hybridized carbons (Fsp3) is 0.939. The lowest BCUT2D eigenvalue weighted by Gasteiger charge is -2.27. The van der Waals surface area contributed by atoms with Gasteiger partial charge in [-0.2, -0.15) is 0 Å². The van der Waals surface area contributed by atoms with E-state index in [9.17, 15) is 9.59 Å². The van der Waals surface area contributed by atoms with Crippen LogP contribution in [0.2, 0.25) is 0 Å². The van der Waals surface area contributed by atoms with Crippen LogP contribution in [0.5, 0.6) is 0 Å². The van der Waals surface area contributed by atoms with Gasteiger partial charge in [0.15, 0.2) is 10.2 Å². The third kappa shape index (κ3) is 26.0. The Balaban J connectivity index is 4.27. The standard InChI is InChI=1S/C33H64O2S2/c1-4-6-8-10-12-14-16-18-20-22-24-30(27-32(34)36)26-29(3)31(28-33(35)37)25-23-21-19-17-15-13-11-9-7-5-2/h29-31H,4-28H2,1-3H3,(H,34,36)(H,35,37). The van der Waals surface area contributed by atoms with Crippen molar-refractivity contribution in [1.29, 1.82) is 0 Å². The second-order valence-electron chi connectivity index (χ2n) is 12.0. The normalized spacial score (nSPS) is 14.0. The first-order chi connectivity index (χ1) is 17.9. The van der Waals surface area contributed by atoms with Crippen LogP contribution in [0.1, 0.15) is 181 Å². The summed E-state index contributed by atoms with van der Waals surface area (Å²) in [6, 6.07) is 0. The molecule has 2 nitrogen and oxygen atoms in total. The average molecular weight is 557 g/mol.